The Morgan fingerprint density at radius 3 is 2.76 bits per heavy atom. The van der Waals surface area contributed by atoms with Crippen molar-refractivity contribution in [3.05, 3.63) is 11.5 Å². The van der Waals surface area contributed by atoms with Crippen molar-refractivity contribution in [2.24, 2.45) is 0 Å². The number of nitrogens with two attached hydrogens (primary N) is 1. The zero-order valence-electron chi connectivity index (χ0n) is 13.3. The fourth-order valence-electron chi connectivity index (χ4n) is 2.74. The molecule has 0 saturated carbocycles. The summed E-state index contributed by atoms with van der Waals surface area (Å²) in [6.07, 6.45) is 0.730. The van der Waals surface area contributed by atoms with E-state index in [-0.39, 0.29) is 5.69 Å². The number of hydrogen-bond donors (Lipinski definition) is 1. The Bertz CT molecular complexity index is 514. The van der Waals surface area contributed by atoms with Crippen LogP contribution in [-0.2, 0) is 17.7 Å². The highest BCUT2D eigenvalue weighted by Gasteiger charge is 2.26. The van der Waals surface area contributed by atoms with Crippen LogP contribution >= 0.6 is 0 Å². The maximum absolute atomic E-state index is 11.7. The van der Waals surface area contributed by atoms with Gasteiger partial charge in [-0.1, -0.05) is 6.92 Å². The van der Waals surface area contributed by atoms with Crippen LogP contribution in [0.3, 0.4) is 0 Å². The minimum Gasteiger partial charge on any atom is -0.464 e. The topological polar surface area (TPSA) is 76.6 Å². The van der Waals surface area contributed by atoms with Gasteiger partial charge in [-0.15, -0.1) is 0 Å². The Balaban J connectivity index is 2.26. The molecule has 1 aromatic rings. The van der Waals surface area contributed by atoms with Gasteiger partial charge in [-0.05, 0) is 14.1 Å². The van der Waals surface area contributed by atoms with E-state index in [1.807, 2.05) is 11.5 Å². The number of carbonyl (C=O) groups excluding carboxylic acids is 1. The lowest BCUT2D eigenvalue weighted by Gasteiger charge is -2.38. The molecule has 2 heterocycles. The lowest BCUT2D eigenvalue weighted by atomic mass is 10.2. The van der Waals surface area contributed by atoms with Crippen LogP contribution < -0.4 is 5.73 Å². The predicted molar refractivity (Wildman–Crippen MR) is 81.3 cm³/mol. The minimum atomic E-state index is -0.477. The zero-order chi connectivity index (χ0) is 15.6. The molecular formula is C14H25N5O2. The number of nitrogens with zero attached hydrogens (tertiary/aromatic N) is 4. The van der Waals surface area contributed by atoms with Crippen LogP contribution in [0.1, 0.15) is 23.2 Å². The first kappa shape index (κ1) is 15.8. The summed E-state index contributed by atoms with van der Waals surface area (Å²) in [5.41, 5.74) is 6.34. The Kier molecular flexibility index (Phi) is 4.84. The molecule has 1 saturated heterocycles. The van der Waals surface area contributed by atoms with Crippen molar-refractivity contribution in [2.75, 3.05) is 46.6 Å². The van der Waals surface area contributed by atoms with Crippen molar-refractivity contribution in [3.63, 3.8) is 0 Å². The van der Waals surface area contributed by atoms with Gasteiger partial charge in [0.25, 0.3) is 0 Å². The van der Waals surface area contributed by atoms with Crippen LogP contribution in [0.2, 0.25) is 0 Å². The molecule has 1 unspecified atom stereocenters. The summed E-state index contributed by atoms with van der Waals surface area (Å²) in [5, 5.41) is 0. The highest BCUT2D eigenvalue weighted by molar-refractivity contribution is 5.92. The molecule has 1 aromatic heterocycles. The van der Waals surface area contributed by atoms with Crippen molar-refractivity contribution >= 4 is 11.8 Å². The molecule has 0 aliphatic carbocycles. The summed E-state index contributed by atoms with van der Waals surface area (Å²) in [6, 6.07) is 0.357. The molecule has 21 heavy (non-hydrogen) atoms. The second-order valence-electron chi connectivity index (χ2n) is 5.61. The maximum Gasteiger partial charge on any atom is 0.360 e. The maximum atomic E-state index is 11.7. The Hall–Kier alpha value is -1.60. The quantitative estimate of drug-likeness (QED) is 0.792. The van der Waals surface area contributed by atoms with Gasteiger partial charge >= 0.3 is 5.97 Å². The number of methoxy groups -OCH3 is 1. The molecule has 0 amide bonds. The van der Waals surface area contributed by atoms with Gasteiger partial charge in [-0.25, -0.2) is 9.78 Å². The molecule has 7 heteroatoms. The van der Waals surface area contributed by atoms with Crippen LogP contribution in [0.15, 0.2) is 0 Å². The molecule has 0 bridgehead atoms. The smallest absolute Gasteiger partial charge is 0.360 e. The molecule has 1 atom stereocenters. The molecule has 0 spiro atoms. The van der Waals surface area contributed by atoms with E-state index >= 15 is 0 Å². The number of nitrogen functional groups attached to an aromatic ring is 1. The average molecular weight is 295 g/mol. The lowest BCUT2D eigenvalue weighted by Crippen LogP contribution is -2.51. The van der Waals surface area contributed by atoms with E-state index < -0.39 is 5.97 Å². The van der Waals surface area contributed by atoms with Crippen LogP contribution in [0.25, 0.3) is 0 Å². The van der Waals surface area contributed by atoms with Gasteiger partial charge < -0.3 is 19.9 Å². The summed E-state index contributed by atoms with van der Waals surface area (Å²) in [6.45, 7) is 5.82. The fraction of sp³-hybridized carbons (Fsp3) is 0.714. The van der Waals surface area contributed by atoms with Crippen molar-refractivity contribution in [1.29, 1.82) is 0 Å². The van der Waals surface area contributed by atoms with Crippen molar-refractivity contribution in [1.82, 2.24) is 19.4 Å². The first-order valence-electron chi connectivity index (χ1n) is 7.29. The molecule has 1 aliphatic rings. The first-order chi connectivity index (χ1) is 9.97. The summed E-state index contributed by atoms with van der Waals surface area (Å²) in [4.78, 5) is 20.7. The Morgan fingerprint density at radius 2 is 2.14 bits per heavy atom. The molecule has 2 rings (SSSR count). The van der Waals surface area contributed by atoms with E-state index in [1.54, 1.807) is 0 Å². The van der Waals surface area contributed by atoms with Crippen LogP contribution in [-0.4, -0.2) is 72.2 Å². The summed E-state index contributed by atoms with van der Waals surface area (Å²) in [5.74, 6) is 0.755. The number of esters is 1. The van der Waals surface area contributed by atoms with Gasteiger partial charge in [-0.3, -0.25) is 4.90 Å². The second-order valence-corrected chi connectivity index (χ2v) is 5.61. The van der Waals surface area contributed by atoms with Crippen molar-refractivity contribution < 1.29 is 9.53 Å². The molecule has 0 radical (unpaired) electrons. The van der Waals surface area contributed by atoms with Crippen molar-refractivity contribution in [3.8, 4) is 0 Å². The predicted octanol–water partition coefficient (Wildman–Crippen LogP) is 0.0601. The largest absolute Gasteiger partial charge is 0.464 e. The standard InChI is InChI=1S/C14H25N5O2/c1-5-11-16-12(14(20)21-4)13(15)19(11)9-10-8-17(2)6-7-18(10)3/h10H,5-9,15H2,1-4H3. The van der Waals surface area contributed by atoms with Gasteiger partial charge in [-0.2, -0.15) is 0 Å². The van der Waals surface area contributed by atoms with E-state index in [2.05, 4.69) is 28.9 Å². The van der Waals surface area contributed by atoms with Crippen LogP contribution in [0, 0.1) is 0 Å². The monoisotopic (exact) mass is 295 g/mol. The Morgan fingerprint density at radius 1 is 1.43 bits per heavy atom. The second kappa shape index (κ2) is 6.44. The summed E-state index contributed by atoms with van der Waals surface area (Å²) in [7, 11) is 5.59. The zero-order valence-corrected chi connectivity index (χ0v) is 13.3. The number of ether oxygens (including phenoxy) is 1. The van der Waals surface area contributed by atoms with E-state index in [0.717, 1.165) is 38.4 Å². The number of carbonyl (C=O) groups is 1. The van der Waals surface area contributed by atoms with Gasteiger partial charge in [0.1, 0.15) is 11.6 Å². The number of rotatable bonds is 4. The van der Waals surface area contributed by atoms with E-state index in [1.165, 1.54) is 7.11 Å². The molecule has 2 N–H and O–H groups in total. The number of aryl methyl sites for hydroxylation is 1. The minimum absolute atomic E-state index is 0.223. The molecule has 7 nitrogen and oxygen atoms in total. The number of aromatic nitrogens is 2. The van der Waals surface area contributed by atoms with E-state index in [9.17, 15) is 4.79 Å². The van der Waals surface area contributed by atoms with E-state index in [4.69, 9.17) is 10.5 Å². The molecular weight excluding hydrogens is 270 g/mol. The van der Waals surface area contributed by atoms with Gasteiger partial charge in [0.2, 0.25) is 0 Å². The van der Waals surface area contributed by atoms with Gasteiger partial charge in [0.05, 0.1) is 7.11 Å². The highest BCUT2D eigenvalue weighted by atomic mass is 16.5. The third-order valence-corrected chi connectivity index (χ3v) is 4.15. The fourth-order valence-corrected chi connectivity index (χ4v) is 2.74. The molecule has 118 valence electrons. The van der Waals surface area contributed by atoms with Gasteiger partial charge in [0.15, 0.2) is 5.69 Å². The van der Waals surface area contributed by atoms with E-state index in [0.29, 0.717) is 11.9 Å². The van der Waals surface area contributed by atoms with Crippen LogP contribution in [0.5, 0.6) is 0 Å². The highest BCUT2D eigenvalue weighted by Crippen LogP contribution is 2.19. The first-order valence-corrected chi connectivity index (χ1v) is 7.29. The summed E-state index contributed by atoms with van der Waals surface area (Å²) < 4.78 is 6.70. The third kappa shape index (κ3) is 3.19. The molecule has 1 aliphatic heterocycles. The number of hydrogen-bond acceptors (Lipinski definition) is 6. The molecule has 1 fully saturated rings. The normalized spacial score (nSPS) is 20.7. The average Bonchev–Trinajstić information content (AvgIpc) is 2.79. The van der Waals surface area contributed by atoms with Crippen LogP contribution in [0.4, 0.5) is 5.82 Å². The number of piperazine rings is 1. The van der Waals surface area contributed by atoms with Crippen molar-refractivity contribution in [2.45, 2.75) is 25.9 Å². The number of imidazole rings is 1. The lowest BCUT2D eigenvalue weighted by molar-refractivity contribution is 0.0595. The summed E-state index contributed by atoms with van der Waals surface area (Å²) >= 11 is 0. The third-order valence-electron chi connectivity index (χ3n) is 4.15. The SMILES string of the molecule is CCc1nc(C(=O)OC)c(N)n1CC1CN(C)CCN1C. The Labute approximate surface area is 125 Å². The number of likely N-dealkylation sites (N-methyl/N-ethyl adjacent to an activating group) is 2. The van der Waals surface area contributed by atoms with Gasteiger partial charge in [0, 0.05) is 38.6 Å². The number of anilines is 1. The molecule has 0 aromatic carbocycles.